The molecule has 0 aromatic carbocycles. The van der Waals surface area contributed by atoms with Crippen molar-refractivity contribution in [1.29, 1.82) is 0 Å². The summed E-state index contributed by atoms with van der Waals surface area (Å²) in [5.41, 5.74) is 2.73. The Labute approximate surface area is 117 Å². The Morgan fingerprint density at radius 1 is 0.947 bits per heavy atom. The first kappa shape index (κ1) is 14.6. The van der Waals surface area contributed by atoms with Crippen LogP contribution in [-0.2, 0) is 0 Å². The van der Waals surface area contributed by atoms with E-state index in [9.17, 15) is 0 Å². The van der Waals surface area contributed by atoms with E-state index in [1.54, 1.807) is 0 Å². The average Bonchev–Trinajstić information content (AvgIpc) is 2.48. The first-order chi connectivity index (χ1) is 9.38. The molecule has 2 saturated carbocycles. The van der Waals surface area contributed by atoms with Crippen molar-refractivity contribution in [2.45, 2.75) is 76.7 Å². The normalized spacial score (nSPS) is 23.3. The van der Waals surface area contributed by atoms with Crippen molar-refractivity contribution in [1.82, 2.24) is 10.7 Å². The third-order valence-corrected chi connectivity index (χ3v) is 4.61. The molecule has 0 spiro atoms. The van der Waals surface area contributed by atoms with Gasteiger partial charge in [0.05, 0.1) is 0 Å². The highest BCUT2D eigenvalue weighted by molar-refractivity contribution is 5.79. The number of guanidine groups is 1. The van der Waals surface area contributed by atoms with Gasteiger partial charge in [-0.3, -0.25) is 10.4 Å². The Hall–Kier alpha value is -0.770. The molecule has 19 heavy (non-hydrogen) atoms. The van der Waals surface area contributed by atoms with Crippen LogP contribution in [0.4, 0.5) is 0 Å². The minimum atomic E-state index is 0.568. The van der Waals surface area contributed by atoms with Crippen LogP contribution in [0.1, 0.15) is 70.6 Å². The second-order valence-electron chi connectivity index (χ2n) is 6.15. The molecule has 0 aliphatic heterocycles. The van der Waals surface area contributed by atoms with Gasteiger partial charge in [0.25, 0.3) is 0 Å². The Morgan fingerprint density at radius 3 is 2.21 bits per heavy atom. The number of nitrogens with zero attached hydrogens (tertiary/aromatic N) is 1. The minimum Gasteiger partial charge on any atom is -0.353 e. The van der Waals surface area contributed by atoms with Gasteiger partial charge in [-0.1, -0.05) is 51.4 Å². The van der Waals surface area contributed by atoms with E-state index in [2.05, 4.69) is 15.7 Å². The van der Waals surface area contributed by atoms with Crippen LogP contribution >= 0.6 is 0 Å². The van der Waals surface area contributed by atoms with Gasteiger partial charge in [0.15, 0.2) is 0 Å². The molecule has 0 aromatic rings. The van der Waals surface area contributed by atoms with Crippen LogP contribution in [0.2, 0.25) is 0 Å². The van der Waals surface area contributed by atoms with Gasteiger partial charge in [-0.15, -0.1) is 0 Å². The lowest BCUT2D eigenvalue weighted by atomic mass is 9.87. The monoisotopic (exact) mass is 266 g/mol. The smallest absolute Gasteiger partial charge is 0.205 e. The van der Waals surface area contributed by atoms with E-state index in [4.69, 9.17) is 5.84 Å². The second-order valence-corrected chi connectivity index (χ2v) is 6.15. The predicted molar refractivity (Wildman–Crippen MR) is 80.8 cm³/mol. The van der Waals surface area contributed by atoms with Gasteiger partial charge in [0, 0.05) is 12.6 Å². The van der Waals surface area contributed by atoms with Crippen molar-refractivity contribution in [2.24, 2.45) is 16.8 Å². The largest absolute Gasteiger partial charge is 0.353 e. The summed E-state index contributed by atoms with van der Waals surface area (Å²) in [6.45, 7) is 0.907. The summed E-state index contributed by atoms with van der Waals surface area (Å²) in [6, 6.07) is 0.568. The molecule has 0 bridgehead atoms. The van der Waals surface area contributed by atoms with E-state index < -0.39 is 0 Å². The molecular weight excluding hydrogens is 236 g/mol. The fraction of sp³-hybridized carbons (Fsp3) is 0.933. The van der Waals surface area contributed by atoms with Gasteiger partial charge in [-0.25, -0.2) is 5.84 Å². The quantitative estimate of drug-likeness (QED) is 0.317. The second kappa shape index (κ2) is 8.41. The minimum absolute atomic E-state index is 0.568. The van der Waals surface area contributed by atoms with Crippen molar-refractivity contribution in [3.63, 3.8) is 0 Å². The summed E-state index contributed by atoms with van der Waals surface area (Å²) < 4.78 is 0. The summed E-state index contributed by atoms with van der Waals surface area (Å²) in [5.74, 6) is 7.25. The lowest BCUT2D eigenvalue weighted by Crippen LogP contribution is -2.47. The van der Waals surface area contributed by atoms with Crippen molar-refractivity contribution in [2.75, 3.05) is 6.54 Å². The van der Waals surface area contributed by atoms with Crippen LogP contribution in [-0.4, -0.2) is 18.5 Å². The molecule has 4 N–H and O–H groups in total. The molecule has 2 aliphatic carbocycles. The van der Waals surface area contributed by atoms with Crippen LogP contribution in [0.5, 0.6) is 0 Å². The number of hydrazine groups is 1. The number of nitrogens with one attached hydrogen (secondary N) is 2. The lowest BCUT2D eigenvalue weighted by Gasteiger charge is -2.24. The van der Waals surface area contributed by atoms with E-state index in [1.165, 1.54) is 70.6 Å². The maximum Gasteiger partial charge on any atom is 0.205 e. The molecule has 0 aromatic heterocycles. The molecule has 110 valence electrons. The summed E-state index contributed by atoms with van der Waals surface area (Å²) in [7, 11) is 0. The van der Waals surface area contributed by atoms with Crippen molar-refractivity contribution in [3.8, 4) is 0 Å². The lowest BCUT2D eigenvalue weighted by molar-refractivity contribution is 0.343. The third kappa shape index (κ3) is 5.39. The van der Waals surface area contributed by atoms with E-state index in [0.717, 1.165) is 18.4 Å². The molecule has 0 radical (unpaired) electrons. The number of nitrogens with two attached hydrogens (primary N) is 1. The van der Waals surface area contributed by atoms with Crippen molar-refractivity contribution >= 4 is 5.96 Å². The number of rotatable bonds is 4. The summed E-state index contributed by atoms with van der Waals surface area (Å²) in [5, 5.41) is 3.46. The van der Waals surface area contributed by atoms with Crippen LogP contribution in [0.15, 0.2) is 4.99 Å². The van der Waals surface area contributed by atoms with Gasteiger partial charge < -0.3 is 5.32 Å². The van der Waals surface area contributed by atoms with Gasteiger partial charge >= 0.3 is 0 Å². The first-order valence-electron chi connectivity index (χ1n) is 8.16. The summed E-state index contributed by atoms with van der Waals surface area (Å²) in [4.78, 5) is 4.60. The predicted octanol–water partition coefficient (Wildman–Crippen LogP) is 2.70. The van der Waals surface area contributed by atoms with Gasteiger partial charge in [0.1, 0.15) is 0 Å². The molecule has 4 nitrogen and oxygen atoms in total. The average molecular weight is 266 g/mol. The number of hydrogen-bond donors (Lipinski definition) is 3. The molecule has 2 fully saturated rings. The molecule has 0 amide bonds. The highest BCUT2D eigenvalue weighted by Gasteiger charge is 2.15. The Morgan fingerprint density at radius 2 is 1.58 bits per heavy atom. The molecule has 0 unspecified atom stereocenters. The van der Waals surface area contributed by atoms with Crippen LogP contribution in [0.25, 0.3) is 0 Å². The van der Waals surface area contributed by atoms with E-state index in [-0.39, 0.29) is 0 Å². The van der Waals surface area contributed by atoms with E-state index in [1.807, 2.05) is 0 Å². The SMILES string of the molecule is NNC(=NCCC1CCCCC1)NC1CCCCC1. The third-order valence-electron chi connectivity index (χ3n) is 4.61. The van der Waals surface area contributed by atoms with Crippen LogP contribution < -0.4 is 16.6 Å². The number of aliphatic imine (C=N–C) groups is 1. The first-order valence-corrected chi connectivity index (χ1v) is 8.16. The fourth-order valence-electron chi connectivity index (χ4n) is 3.41. The molecule has 0 atom stereocenters. The maximum absolute atomic E-state index is 5.57. The van der Waals surface area contributed by atoms with Gasteiger partial charge in [-0.2, -0.15) is 0 Å². The summed E-state index contributed by atoms with van der Waals surface area (Å²) in [6.07, 6.45) is 14.8. The Balaban J connectivity index is 1.68. The standard InChI is InChI=1S/C15H30N4/c16-19-15(18-14-9-5-2-6-10-14)17-12-11-13-7-3-1-4-8-13/h13-14H,1-12,16H2,(H2,17,18,19). The zero-order chi connectivity index (χ0) is 13.3. The zero-order valence-electron chi connectivity index (χ0n) is 12.2. The molecule has 0 saturated heterocycles. The summed E-state index contributed by atoms with van der Waals surface area (Å²) >= 11 is 0. The van der Waals surface area contributed by atoms with E-state index >= 15 is 0 Å². The van der Waals surface area contributed by atoms with Crippen LogP contribution in [0, 0.1) is 5.92 Å². The molecule has 4 heteroatoms. The van der Waals surface area contributed by atoms with Gasteiger partial charge in [0.2, 0.25) is 5.96 Å². The molecule has 2 aliphatic rings. The van der Waals surface area contributed by atoms with E-state index in [0.29, 0.717) is 6.04 Å². The molecule has 0 heterocycles. The van der Waals surface area contributed by atoms with Crippen molar-refractivity contribution < 1.29 is 0 Å². The van der Waals surface area contributed by atoms with Crippen molar-refractivity contribution in [3.05, 3.63) is 0 Å². The number of hydrogen-bond acceptors (Lipinski definition) is 2. The Bertz CT molecular complexity index is 265. The Kier molecular flexibility index (Phi) is 6.48. The highest BCUT2D eigenvalue weighted by atomic mass is 15.3. The topological polar surface area (TPSA) is 62.4 Å². The highest BCUT2D eigenvalue weighted by Crippen LogP contribution is 2.26. The maximum atomic E-state index is 5.57. The molecule has 2 rings (SSSR count). The zero-order valence-corrected chi connectivity index (χ0v) is 12.2. The van der Waals surface area contributed by atoms with Gasteiger partial charge in [-0.05, 0) is 25.2 Å². The molecular formula is C15H30N4. The fourth-order valence-corrected chi connectivity index (χ4v) is 3.41. The van der Waals surface area contributed by atoms with Crippen LogP contribution in [0.3, 0.4) is 0 Å².